The summed E-state index contributed by atoms with van der Waals surface area (Å²) in [6.45, 7) is 1.78. The van der Waals surface area contributed by atoms with E-state index in [1.54, 1.807) is 12.1 Å². The average molecular weight is 431 g/mol. The highest BCUT2D eigenvalue weighted by Gasteiger charge is 2.34. The Balaban J connectivity index is 1.86. The molecule has 1 heterocycles. The van der Waals surface area contributed by atoms with E-state index in [1.807, 2.05) is 18.2 Å². The van der Waals surface area contributed by atoms with Crippen LogP contribution in [0, 0.1) is 6.92 Å². The molecular weight excluding hydrogens is 411 g/mol. The van der Waals surface area contributed by atoms with Gasteiger partial charge in [-0.05, 0) is 31.2 Å². The van der Waals surface area contributed by atoms with Crippen molar-refractivity contribution in [3.63, 3.8) is 0 Å². The molecule has 0 spiro atoms. The molecule has 162 valence electrons. The van der Waals surface area contributed by atoms with Crippen molar-refractivity contribution in [2.24, 2.45) is 0 Å². The first kappa shape index (κ1) is 22.1. The number of hydrogen-bond acceptors (Lipinski definition) is 4. The Morgan fingerprint density at radius 1 is 1.10 bits per heavy atom. The topological polar surface area (TPSA) is 64.4 Å². The molecule has 0 atom stereocenters. The van der Waals surface area contributed by atoms with Crippen molar-refractivity contribution < 1.29 is 22.7 Å². The fourth-order valence-electron chi connectivity index (χ4n) is 2.94. The standard InChI is InChI=1S/C22H20F3N3O3/c1-15-14-19(29)20(21(30)27(2)12-13-31-16-8-4-3-5-9-16)26-28(15)18-11-7-6-10-17(18)22(23,24)25/h3-11,14H,12-13H2,1-2H3. The van der Waals surface area contributed by atoms with Crippen LogP contribution in [0.15, 0.2) is 65.5 Å². The Morgan fingerprint density at radius 2 is 1.74 bits per heavy atom. The first-order valence-electron chi connectivity index (χ1n) is 9.39. The van der Waals surface area contributed by atoms with Crippen LogP contribution in [-0.2, 0) is 6.18 Å². The van der Waals surface area contributed by atoms with Crippen molar-refractivity contribution in [2.45, 2.75) is 13.1 Å². The van der Waals surface area contributed by atoms with Gasteiger partial charge in [0, 0.05) is 18.8 Å². The third-order valence-electron chi connectivity index (χ3n) is 4.53. The monoisotopic (exact) mass is 431 g/mol. The van der Waals surface area contributed by atoms with Crippen LogP contribution in [-0.4, -0.2) is 40.8 Å². The first-order chi connectivity index (χ1) is 14.7. The molecule has 0 unspecified atom stereocenters. The summed E-state index contributed by atoms with van der Waals surface area (Å²) in [5.41, 5.74) is -2.15. The second-order valence-electron chi connectivity index (χ2n) is 6.81. The normalized spacial score (nSPS) is 11.3. The number of benzene rings is 2. The molecule has 6 nitrogen and oxygen atoms in total. The van der Waals surface area contributed by atoms with E-state index < -0.39 is 28.8 Å². The largest absolute Gasteiger partial charge is 0.492 e. The minimum Gasteiger partial charge on any atom is -0.492 e. The highest BCUT2D eigenvalue weighted by atomic mass is 19.4. The maximum absolute atomic E-state index is 13.4. The molecule has 0 aliphatic heterocycles. The number of ether oxygens (including phenoxy) is 1. The third kappa shape index (κ3) is 5.11. The quantitative estimate of drug-likeness (QED) is 0.597. The molecule has 3 rings (SSSR count). The van der Waals surface area contributed by atoms with Crippen LogP contribution in [0.25, 0.3) is 5.69 Å². The zero-order valence-electron chi connectivity index (χ0n) is 16.9. The summed E-state index contributed by atoms with van der Waals surface area (Å²) in [4.78, 5) is 26.4. The Morgan fingerprint density at radius 3 is 2.42 bits per heavy atom. The smallest absolute Gasteiger partial charge is 0.418 e. The number of amides is 1. The number of rotatable bonds is 6. The van der Waals surface area contributed by atoms with Crippen LogP contribution in [0.2, 0.25) is 0 Å². The lowest BCUT2D eigenvalue weighted by atomic mass is 10.1. The second kappa shape index (κ2) is 9.03. The van der Waals surface area contributed by atoms with E-state index in [-0.39, 0.29) is 24.5 Å². The molecule has 3 aromatic rings. The van der Waals surface area contributed by atoms with Gasteiger partial charge in [-0.15, -0.1) is 0 Å². The Hall–Kier alpha value is -3.62. The van der Waals surface area contributed by atoms with Crippen molar-refractivity contribution in [2.75, 3.05) is 20.2 Å². The summed E-state index contributed by atoms with van der Waals surface area (Å²) in [6, 6.07) is 14.9. The van der Waals surface area contributed by atoms with Crippen LogP contribution >= 0.6 is 0 Å². The number of carbonyl (C=O) groups excluding carboxylic acids is 1. The number of aromatic nitrogens is 2. The highest BCUT2D eigenvalue weighted by molar-refractivity contribution is 5.91. The van der Waals surface area contributed by atoms with E-state index in [4.69, 9.17) is 4.74 Å². The van der Waals surface area contributed by atoms with Crippen molar-refractivity contribution in [3.8, 4) is 11.4 Å². The number of likely N-dealkylation sites (N-methyl/N-ethyl adjacent to an activating group) is 1. The number of alkyl halides is 3. The molecule has 0 N–H and O–H groups in total. The molecule has 0 bridgehead atoms. The van der Waals surface area contributed by atoms with Crippen LogP contribution in [0.5, 0.6) is 5.75 Å². The van der Waals surface area contributed by atoms with Crippen LogP contribution in [0.1, 0.15) is 21.7 Å². The molecule has 0 aliphatic carbocycles. The zero-order chi connectivity index (χ0) is 22.6. The van der Waals surface area contributed by atoms with Gasteiger partial charge in [0.05, 0.1) is 17.8 Å². The third-order valence-corrected chi connectivity index (χ3v) is 4.53. The molecule has 2 aromatic carbocycles. The minimum atomic E-state index is -4.62. The van der Waals surface area contributed by atoms with Gasteiger partial charge in [-0.3, -0.25) is 9.59 Å². The van der Waals surface area contributed by atoms with Crippen molar-refractivity contribution in [3.05, 3.63) is 87.8 Å². The van der Waals surface area contributed by atoms with Crippen LogP contribution in [0.3, 0.4) is 0 Å². The number of halogens is 3. The lowest BCUT2D eigenvalue weighted by molar-refractivity contribution is -0.137. The first-order valence-corrected chi connectivity index (χ1v) is 9.39. The summed E-state index contributed by atoms with van der Waals surface area (Å²) < 4.78 is 46.8. The van der Waals surface area contributed by atoms with E-state index in [9.17, 15) is 22.8 Å². The highest BCUT2D eigenvalue weighted by Crippen LogP contribution is 2.33. The molecule has 0 radical (unpaired) electrons. The SMILES string of the molecule is Cc1cc(=O)c(C(=O)N(C)CCOc2ccccc2)nn1-c1ccccc1C(F)(F)F. The van der Waals surface area contributed by atoms with Gasteiger partial charge in [-0.25, -0.2) is 4.68 Å². The van der Waals surface area contributed by atoms with Gasteiger partial charge in [0.2, 0.25) is 5.43 Å². The number of para-hydroxylation sites is 2. The lowest BCUT2D eigenvalue weighted by Gasteiger charge is -2.19. The fraction of sp³-hybridized carbons (Fsp3) is 0.227. The molecule has 9 heteroatoms. The van der Waals surface area contributed by atoms with E-state index in [2.05, 4.69) is 5.10 Å². The fourth-order valence-corrected chi connectivity index (χ4v) is 2.94. The summed E-state index contributed by atoms with van der Waals surface area (Å²) in [6.07, 6.45) is -4.62. The number of carbonyl (C=O) groups is 1. The Bertz CT molecular complexity index is 1130. The molecule has 1 amide bonds. The maximum Gasteiger partial charge on any atom is 0.418 e. The van der Waals surface area contributed by atoms with Gasteiger partial charge in [-0.1, -0.05) is 30.3 Å². The number of aryl methyl sites for hydroxylation is 1. The second-order valence-corrected chi connectivity index (χ2v) is 6.81. The number of hydrogen-bond donors (Lipinski definition) is 0. The minimum absolute atomic E-state index is 0.155. The number of nitrogens with zero attached hydrogens (tertiary/aromatic N) is 3. The predicted octanol–water partition coefficient (Wildman–Crippen LogP) is 3.71. The summed E-state index contributed by atoms with van der Waals surface area (Å²) in [5, 5.41) is 3.98. The predicted molar refractivity (Wildman–Crippen MR) is 108 cm³/mol. The van der Waals surface area contributed by atoms with Crippen molar-refractivity contribution >= 4 is 5.91 Å². The summed E-state index contributed by atoms with van der Waals surface area (Å²) in [5.74, 6) is -0.0807. The Kier molecular flexibility index (Phi) is 6.43. The molecule has 1 aromatic heterocycles. The van der Waals surface area contributed by atoms with E-state index in [1.165, 1.54) is 37.1 Å². The lowest BCUT2D eigenvalue weighted by Crippen LogP contribution is -2.36. The van der Waals surface area contributed by atoms with Gasteiger partial charge >= 0.3 is 6.18 Å². The van der Waals surface area contributed by atoms with E-state index in [0.29, 0.717) is 5.75 Å². The van der Waals surface area contributed by atoms with Crippen molar-refractivity contribution in [1.82, 2.24) is 14.7 Å². The summed E-state index contributed by atoms with van der Waals surface area (Å²) >= 11 is 0. The van der Waals surface area contributed by atoms with Gasteiger partial charge in [-0.2, -0.15) is 18.3 Å². The van der Waals surface area contributed by atoms with Crippen LogP contribution < -0.4 is 10.2 Å². The van der Waals surface area contributed by atoms with Crippen LogP contribution in [0.4, 0.5) is 13.2 Å². The zero-order valence-corrected chi connectivity index (χ0v) is 16.9. The molecular formula is C22H20F3N3O3. The molecule has 0 saturated carbocycles. The molecule has 0 fully saturated rings. The van der Waals surface area contributed by atoms with Gasteiger partial charge in [0.1, 0.15) is 12.4 Å². The molecule has 0 saturated heterocycles. The summed E-state index contributed by atoms with van der Waals surface area (Å²) in [7, 11) is 1.46. The average Bonchev–Trinajstić information content (AvgIpc) is 2.73. The van der Waals surface area contributed by atoms with Gasteiger partial charge < -0.3 is 9.64 Å². The Labute approximate surface area is 176 Å². The van der Waals surface area contributed by atoms with Gasteiger partial charge in [0.25, 0.3) is 5.91 Å². The molecule has 0 aliphatic rings. The van der Waals surface area contributed by atoms with E-state index in [0.717, 1.165) is 16.8 Å². The van der Waals surface area contributed by atoms with E-state index >= 15 is 0 Å². The molecule has 31 heavy (non-hydrogen) atoms. The maximum atomic E-state index is 13.4. The van der Waals surface area contributed by atoms with Gasteiger partial charge in [0.15, 0.2) is 5.69 Å². The van der Waals surface area contributed by atoms with Crippen molar-refractivity contribution in [1.29, 1.82) is 0 Å².